The lowest BCUT2D eigenvalue weighted by molar-refractivity contribution is -0.123. The number of ketones is 2. The molecule has 2 N–H and O–H groups in total. The van der Waals surface area contributed by atoms with Gasteiger partial charge in [0.25, 0.3) is 0 Å². The van der Waals surface area contributed by atoms with Crippen LogP contribution in [0.4, 0.5) is 4.79 Å². The molecule has 0 fully saturated rings. The highest BCUT2D eigenvalue weighted by molar-refractivity contribution is 6.05. The molecule has 1 unspecified atom stereocenters. The first-order valence-electron chi connectivity index (χ1n) is 8.50. The molecule has 0 radical (unpaired) electrons. The highest BCUT2D eigenvalue weighted by atomic mass is 16.6. The molecule has 0 aliphatic carbocycles. The van der Waals surface area contributed by atoms with Gasteiger partial charge >= 0.3 is 6.09 Å². The van der Waals surface area contributed by atoms with Crippen molar-refractivity contribution in [1.29, 1.82) is 0 Å². The van der Waals surface area contributed by atoms with E-state index in [1.165, 1.54) is 20.1 Å². The van der Waals surface area contributed by atoms with E-state index in [1.807, 2.05) is 20.8 Å². The van der Waals surface area contributed by atoms with Crippen LogP contribution < -0.4 is 15.2 Å². The summed E-state index contributed by atoms with van der Waals surface area (Å²) < 4.78 is 16.2. The van der Waals surface area contributed by atoms with Gasteiger partial charge in [0, 0.05) is 5.41 Å². The Morgan fingerprint density at radius 1 is 1.19 bits per heavy atom. The first-order valence-corrected chi connectivity index (χ1v) is 8.50. The van der Waals surface area contributed by atoms with Gasteiger partial charge in [0.05, 0.1) is 13.5 Å². The molecule has 0 spiro atoms. The van der Waals surface area contributed by atoms with Gasteiger partial charge in [-0.3, -0.25) is 9.59 Å². The minimum Gasteiger partial charge on any atom is -0.493 e. The summed E-state index contributed by atoms with van der Waals surface area (Å²) in [5.41, 5.74) is 5.49. The number of rotatable bonds is 9. The average molecular weight is 377 g/mol. The number of hydrogen-bond donors (Lipinski definition) is 1. The summed E-state index contributed by atoms with van der Waals surface area (Å²) in [7, 11) is 1.50. The molecular formula is C20H27NO6. The summed E-state index contributed by atoms with van der Waals surface area (Å²) in [6.07, 6.45) is 1.44. The zero-order chi connectivity index (χ0) is 20.6. The van der Waals surface area contributed by atoms with Crippen molar-refractivity contribution < 1.29 is 28.6 Å². The SMILES string of the molecule is COc1cc(C=CC(=O)CC(C)=O)ccc1OCC(OC(N)=O)C(C)(C)C. The Kier molecular flexibility index (Phi) is 8.02. The van der Waals surface area contributed by atoms with Gasteiger partial charge in [-0.25, -0.2) is 4.79 Å². The molecule has 1 rings (SSSR count). The molecule has 1 atom stereocenters. The molecule has 27 heavy (non-hydrogen) atoms. The first kappa shape index (κ1) is 22.2. The molecule has 1 aromatic rings. The highest BCUT2D eigenvalue weighted by Gasteiger charge is 2.29. The molecule has 0 bridgehead atoms. The number of amides is 1. The number of carbonyl (C=O) groups excluding carboxylic acids is 3. The third-order valence-corrected chi connectivity index (χ3v) is 3.69. The van der Waals surface area contributed by atoms with Crippen molar-refractivity contribution in [2.75, 3.05) is 13.7 Å². The minimum absolute atomic E-state index is 0.106. The van der Waals surface area contributed by atoms with Crippen molar-refractivity contribution in [1.82, 2.24) is 0 Å². The molecule has 1 aromatic carbocycles. The van der Waals surface area contributed by atoms with E-state index in [4.69, 9.17) is 19.9 Å². The Morgan fingerprint density at radius 3 is 2.37 bits per heavy atom. The second-order valence-corrected chi connectivity index (χ2v) is 7.19. The van der Waals surface area contributed by atoms with Crippen LogP contribution in [0.25, 0.3) is 6.08 Å². The fourth-order valence-corrected chi connectivity index (χ4v) is 2.17. The Balaban J connectivity index is 2.87. The minimum atomic E-state index is -0.860. The highest BCUT2D eigenvalue weighted by Crippen LogP contribution is 2.30. The Labute approximate surface area is 159 Å². The fraction of sp³-hybridized carbons (Fsp3) is 0.450. The number of primary amides is 1. The Bertz CT molecular complexity index is 718. The summed E-state index contributed by atoms with van der Waals surface area (Å²) in [6, 6.07) is 5.14. The second kappa shape index (κ2) is 9.75. The maximum atomic E-state index is 11.6. The molecule has 0 saturated heterocycles. The van der Waals surface area contributed by atoms with Gasteiger partial charge in [0.2, 0.25) is 0 Å². The van der Waals surface area contributed by atoms with Crippen molar-refractivity contribution in [2.45, 2.75) is 40.2 Å². The van der Waals surface area contributed by atoms with Crippen molar-refractivity contribution >= 4 is 23.7 Å². The van der Waals surface area contributed by atoms with E-state index in [-0.39, 0.29) is 30.0 Å². The predicted octanol–water partition coefficient (Wildman–Crippen LogP) is 3.15. The molecule has 1 amide bonds. The van der Waals surface area contributed by atoms with Crippen molar-refractivity contribution in [2.24, 2.45) is 11.1 Å². The summed E-state index contributed by atoms with van der Waals surface area (Å²) in [4.78, 5) is 33.6. The molecule has 0 heterocycles. The molecule has 7 nitrogen and oxygen atoms in total. The lowest BCUT2D eigenvalue weighted by Gasteiger charge is -2.29. The van der Waals surface area contributed by atoms with Crippen molar-refractivity contribution in [3.05, 3.63) is 29.8 Å². The summed E-state index contributed by atoms with van der Waals surface area (Å²) >= 11 is 0. The maximum absolute atomic E-state index is 11.6. The van der Waals surface area contributed by atoms with E-state index in [1.54, 1.807) is 24.3 Å². The summed E-state index contributed by atoms with van der Waals surface area (Å²) in [5.74, 6) is 0.478. The number of allylic oxidation sites excluding steroid dienone is 1. The Morgan fingerprint density at radius 2 is 1.85 bits per heavy atom. The van der Waals surface area contributed by atoms with E-state index in [0.29, 0.717) is 11.5 Å². The molecular weight excluding hydrogens is 350 g/mol. The van der Waals surface area contributed by atoms with Gasteiger partial charge in [-0.1, -0.05) is 32.9 Å². The lowest BCUT2D eigenvalue weighted by atomic mass is 9.89. The smallest absolute Gasteiger partial charge is 0.404 e. The average Bonchev–Trinajstić information content (AvgIpc) is 2.55. The Hall–Kier alpha value is -2.83. The van der Waals surface area contributed by atoms with Crippen LogP contribution in [0.15, 0.2) is 24.3 Å². The van der Waals surface area contributed by atoms with E-state index in [9.17, 15) is 14.4 Å². The van der Waals surface area contributed by atoms with Crippen LogP contribution >= 0.6 is 0 Å². The third-order valence-electron chi connectivity index (χ3n) is 3.69. The van der Waals surface area contributed by atoms with E-state index in [0.717, 1.165) is 5.56 Å². The fourth-order valence-electron chi connectivity index (χ4n) is 2.17. The van der Waals surface area contributed by atoms with Gasteiger partial charge in [-0.2, -0.15) is 0 Å². The van der Waals surface area contributed by atoms with Gasteiger partial charge in [0.15, 0.2) is 17.3 Å². The normalized spacial score (nSPS) is 12.5. The van der Waals surface area contributed by atoms with Crippen LogP contribution in [-0.2, 0) is 14.3 Å². The van der Waals surface area contributed by atoms with Gasteiger partial charge in [-0.05, 0) is 30.7 Å². The van der Waals surface area contributed by atoms with Gasteiger partial charge in [-0.15, -0.1) is 0 Å². The molecule has 0 aromatic heterocycles. The number of hydrogen-bond acceptors (Lipinski definition) is 6. The molecule has 148 valence electrons. The molecule has 7 heteroatoms. The molecule has 0 aliphatic heterocycles. The van der Waals surface area contributed by atoms with Crippen LogP contribution in [0.1, 0.15) is 39.7 Å². The first-order chi connectivity index (χ1) is 12.5. The number of benzene rings is 1. The number of Topliss-reactive ketones (excluding diaryl/α,β-unsaturated/α-hetero) is 1. The second-order valence-electron chi connectivity index (χ2n) is 7.19. The lowest BCUT2D eigenvalue weighted by Crippen LogP contribution is -2.38. The monoisotopic (exact) mass is 377 g/mol. The van der Waals surface area contributed by atoms with Crippen LogP contribution in [-0.4, -0.2) is 37.5 Å². The quantitative estimate of drug-likeness (QED) is 0.523. The van der Waals surface area contributed by atoms with Crippen molar-refractivity contribution in [3.63, 3.8) is 0 Å². The van der Waals surface area contributed by atoms with Crippen LogP contribution in [0.3, 0.4) is 0 Å². The topological polar surface area (TPSA) is 105 Å². The van der Waals surface area contributed by atoms with E-state index in [2.05, 4.69) is 0 Å². The number of nitrogens with two attached hydrogens (primary N) is 1. The van der Waals surface area contributed by atoms with Crippen LogP contribution in [0.2, 0.25) is 0 Å². The van der Waals surface area contributed by atoms with Crippen molar-refractivity contribution in [3.8, 4) is 11.5 Å². The zero-order valence-electron chi connectivity index (χ0n) is 16.4. The number of ether oxygens (including phenoxy) is 3. The van der Waals surface area contributed by atoms with Crippen LogP contribution in [0, 0.1) is 5.41 Å². The molecule has 0 saturated carbocycles. The molecule has 0 aliphatic rings. The summed E-state index contributed by atoms with van der Waals surface area (Å²) in [6.45, 7) is 7.20. The van der Waals surface area contributed by atoms with E-state index < -0.39 is 12.2 Å². The predicted molar refractivity (Wildman–Crippen MR) is 102 cm³/mol. The summed E-state index contributed by atoms with van der Waals surface area (Å²) in [5, 5.41) is 0. The third kappa shape index (κ3) is 7.94. The van der Waals surface area contributed by atoms with E-state index >= 15 is 0 Å². The van der Waals surface area contributed by atoms with Gasteiger partial charge < -0.3 is 19.9 Å². The number of methoxy groups -OCH3 is 1. The van der Waals surface area contributed by atoms with Crippen LogP contribution in [0.5, 0.6) is 11.5 Å². The number of carbonyl (C=O) groups is 3. The standard InChI is InChI=1S/C20H27NO6/c1-13(22)10-15(23)8-6-14-7-9-16(17(11-14)25-5)26-12-18(20(2,3)4)27-19(21)24/h6-9,11,18H,10,12H2,1-5H3,(H2,21,24). The zero-order valence-corrected chi connectivity index (χ0v) is 16.4. The van der Waals surface area contributed by atoms with Gasteiger partial charge in [0.1, 0.15) is 18.5 Å². The largest absolute Gasteiger partial charge is 0.493 e. The maximum Gasteiger partial charge on any atom is 0.404 e.